The van der Waals surface area contributed by atoms with Gasteiger partial charge in [-0.2, -0.15) is 5.10 Å². The summed E-state index contributed by atoms with van der Waals surface area (Å²) in [7, 11) is 0. The minimum atomic E-state index is -0.428. The van der Waals surface area contributed by atoms with Crippen LogP contribution < -0.4 is 5.43 Å². The molecule has 0 radical (unpaired) electrons. The molecule has 1 N–H and O–H groups in total. The highest BCUT2D eigenvalue weighted by molar-refractivity contribution is 6.31. The number of aromatic nitrogens is 1. The van der Waals surface area contributed by atoms with Gasteiger partial charge in [-0.25, -0.2) is 5.43 Å². The molecule has 0 fully saturated rings. The summed E-state index contributed by atoms with van der Waals surface area (Å²) in [5.41, 5.74) is 4.96. The molecule has 3 aromatic carbocycles. The first-order chi connectivity index (χ1) is 14.7. The lowest BCUT2D eigenvalue weighted by Crippen LogP contribution is -2.17. The smallest absolute Gasteiger partial charge is 0.307 e. The number of nitrogens with one attached hydrogen (secondary N) is 1. The number of hydrogen-bond donors (Lipinski definition) is 1. The van der Waals surface area contributed by atoms with Gasteiger partial charge in [0, 0.05) is 22.3 Å². The molecule has 0 unspecified atom stereocenters. The predicted octanol–water partition coefficient (Wildman–Crippen LogP) is 5.79. The monoisotopic (exact) mass is 413 g/mol. The molecule has 5 rings (SSSR count). The first-order valence-electron chi connectivity index (χ1n) is 9.36. The minimum Gasteiger partial charge on any atom is -0.451 e. The van der Waals surface area contributed by atoms with E-state index in [-0.39, 0.29) is 5.76 Å². The van der Waals surface area contributed by atoms with Crippen molar-refractivity contribution in [3.05, 3.63) is 102 Å². The highest BCUT2D eigenvalue weighted by atomic mass is 35.5. The van der Waals surface area contributed by atoms with Crippen LogP contribution in [0.15, 0.2) is 94.6 Å². The van der Waals surface area contributed by atoms with Crippen molar-refractivity contribution in [2.45, 2.75) is 0 Å². The van der Waals surface area contributed by atoms with Crippen molar-refractivity contribution in [2.75, 3.05) is 0 Å². The largest absolute Gasteiger partial charge is 0.451 e. The number of hydrogen-bond acceptors (Lipinski definition) is 3. The Hall–Kier alpha value is -3.83. The lowest BCUT2D eigenvalue weighted by molar-refractivity contribution is 0.0929. The summed E-state index contributed by atoms with van der Waals surface area (Å²) < 4.78 is 7.56. The Morgan fingerprint density at radius 2 is 1.80 bits per heavy atom. The summed E-state index contributed by atoms with van der Waals surface area (Å²) in [6, 6.07) is 25.2. The number of benzene rings is 3. The Balaban J connectivity index is 1.35. The second kappa shape index (κ2) is 7.54. The quantitative estimate of drug-likeness (QED) is 0.299. The van der Waals surface area contributed by atoms with E-state index in [9.17, 15) is 4.79 Å². The van der Waals surface area contributed by atoms with E-state index in [0.29, 0.717) is 10.6 Å². The van der Waals surface area contributed by atoms with E-state index in [4.69, 9.17) is 16.0 Å². The second-order valence-corrected chi connectivity index (χ2v) is 7.26. The number of carbonyl (C=O) groups is 1. The number of nitrogens with zero attached hydrogens (tertiary/aromatic N) is 2. The average Bonchev–Trinajstić information content (AvgIpc) is 3.40. The molecular formula is C24H16ClN3O2. The van der Waals surface area contributed by atoms with Gasteiger partial charge in [0.15, 0.2) is 5.76 Å². The average molecular weight is 414 g/mol. The van der Waals surface area contributed by atoms with E-state index in [1.807, 2.05) is 35.0 Å². The Bertz CT molecular complexity index is 1410. The zero-order valence-corrected chi connectivity index (χ0v) is 16.5. The van der Waals surface area contributed by atoms with E-state index in [2.05, 4.69) is 40.9 Å². The number of fused-ring (bicyclic) bond motifs is 2. The summed E-state index contributed by atoms with van der Waals surface area (Å²) in [4.78, 5) is 12.4. The fourth-order valence-corrected chi connectivity index (χ4v) is 3.58. The standard InChI is InChI=1S/C24H16ClN3O2/c25-19-8-10-22-18(12-19)14-23(30-22)24(29)27-26-15-21-6-3-11-28(21)20-9-7-16-4-1-2-5-17(16)13-20/h1-15H,(H,27,29)/b26-15+. The fraction of sp³-hybridized carbons (Fsp3) is 0. The van der Waals surface area contributed by atoms with Crippen molar-refractivity contribution in [2.24, 2.45) is 5.10 Å². The van der Waals surface area contributed by atoms with E-state index >= 15 is 0 Å². The molecule has 30 heavy (non-hydrogen) atoms. The van der Waals surface area contributed by atoms with Gasteiger partial charge >= 0.3 is 5.91 Å². The van der Waals surface area contributed by atoms with Crippen LogP contribution in [0.4, 0.5) is 0 Å². The molecule has 0 aliphatic heterocycles. The van der Waals surface area contributed by atoms with Crippen molar-refractivity contribution >= 4 is 45.5 Å². The molecule has 0 atom stereocenters. The maximum absolute atomic E-state index is 12.4. The van der Waals surface area contributed by atoms with E-state index in [1.54, 1.807) is 30.5 Å². The van der Waals surface area contributed by atoms with Crippen LogP contribution in [-0.2, 0) is 0 Å². The van der Waals surface area contributed by atoms with Crippen LogP contribution in [0.3, 0.4) is 0 Å². The summed E-state index contributed by atoms with van der Waals surface area (Å²) in [5, 5.41) is 7.79. The highest BCUT2D eigenvalue weighted by Gasteiger charge is 2.12. The normalized spacial score (nSPS) is 11.5. The Morgan fingerprint density at radius 1 is 0.933 bits per heavy atom. The van der Waals surface area contributed by atoms with Crippen molar-refractivity contribution in [1.82, 2.24) is 9.99 Å². The van der Waals surface area contributed by atoms with Crippen molar-refractivity contribution in [3.8, 4) is 5.69 Å². The molecule has 0 spiro atoms. The maximum atomic E-state index is 12.4. The van der Waals surface area contributed by atoms with Crippen LogP contribution >= 0.6 is 11.6 Å². The highest BCUT2D eigenvalue weighted by Crippen LogP contribution is 2.23. The lowest BCUT2D eigenvalue weighted by atomic mass is 10.1. The number of amides is 1. The van der Waals surface area contributed by atoms with Gasteiger partial charge < -0.3 is 8.98 Å². The summed E-state index contributed by atoms with van der Waals surface area (Å²) >= 11 is 5.98. The number of rotatable bonds is 4. The number of furan rings is 1. The van der Waals surface area contributed by atoms with Crippen LogP contribution in [0.5, 0.6) is 0 Å². The van der Waals surface area contributed by atoms with Gasteiger partial charge in [-0.15, -0.1) is 0 Å². The molecule has 1 amide bonds. The molecular weight excluding hydrogens is 398 g/mol. The molecule has 0 aliphatic carbocycles. The lowest BCUT2D eigenvalue weighted by Gasteiger charge is -2.08. The van der Waals surface area contributed by atoms with Crippen LogP contribution in [0.25, 0.3) is 27.4 Å². The van der Waals surface area contributed by atoms with E-state index in [0.717, 1.165) is 22.2 Å². The summed E-state index contributed by atoms with van der Waals surface area (Å²) in [5.74, 6) is -0.253. The topological polar surface area (TPSA) is 59.5 Å². The van der Waals surface area contributed by atoms with Crippen LogP contribution in [0.1, 0.15) is 16.2 Å². The Kier molecular flexibility index (Phi) is 4.58. The molecule has 2 heterocycles. The van der Waals surface area contributed by atoms with E-state index < -0.39 is 5.91 Å². The third-order valence-electron chi connectivity index (χ3n) is 4.86. The number of halogens is 1. The maximum Gasteiger partial charge on any atom is 0.307 e. The van der Waals surface area contributed by atoms with Gasteiger partial charge in [-0.1, -0.05) is 41.9 Å². The molecule has 0 saturated carbocycles. The molecule has 6 heteroatoms. The van der Waals surface area contributed by atoms with Crippen LogP contribution in [-0.4, -0.2) is 16.7 Å². The van der Waals surface area contributed by atoms with E-state index in [1.165, 1.54) is 5.39 Å². The molecule has 146 valence electrons. The van der Waals surface area contributed by atoms with Crippen molar-refractivity contribution in [3.63, 3.8) is 0 Å². The van der Waals surface area contributed by atoms with Gasteiger partial charge in [0.1, 0.15) is 5.58 Å². The molecule has 2 aromatic heterocycles. The molecule has 0 saturated heterocycles. The SMILES string of the molecule is O=C(N/N=C/c1cccn1-c1ccc2ccccc2c1)c1cc2cc(Cl)ccc2o1. The second-order valence-electron chi connectivity index (χ2n) is 6.83. The van der Waals surface area contributed by atoms with Crippen molar-refractivity contribution < 1.29 is 9.21 Å². The number of hydrazone groups is 1. The third-order valence-corrected chi connectivity index (χ3v) is 5.09. The van der Waals surface area contributed by atoms with Gasteiger partial charge in [0.25, 0.3) is 0 Å². The zero-order chi connectivity index (χ0) is 20.5. The van der Waals surface area contributed by atoms with Crippen molar-refractivity contribution in [1.29, 1.82) is 0 Å². The first-order valence-corrected chi connectivity index (χ1v) is 9.74. The zero-order valence-electron chi connectivity index (χ0n) is 15.7. The van der Waals surface area contributed by atoms with Crippen LogP contribution in [0, 0.1) is 0 Å². The molecule has 5 nitrogen and oxygen atoms in total. The fourth-order valence-electron chi connectivity index (χ4n) is 3.40. The van der Waals surface area contributed by atoms with Gasteiger partial charge in [-0.3, -0.25) is 4.79 Å². The first kappa shape index (κ1) is 18.2. The predicted molar refractivity (Wildman–Crippen MR) is 120 cm³/mol. The number of carbonyl (C=O) groups excluding carboxylic acids is 1. The summed E-state index contributed by atoms with van der Waals surface area (Å²) in [6.45, 7) is 0. The Morgan fingerprint density at radius 3 is 2.70 bits per heavy atom. The molecule has 0 bridgehead atoms. The molecule has 0 aliphatic rings. The van der Waals surface area contributed by atoms with Gasteiger partial charge in [0.2, 0.25) is 0 Å². The minimum absolute atomic E-state index is 0.175. The van der Waals surface area contributed by atoms with Crippen LogP contribution in [0.2, 0.25) is 5.02 Å². The van der Waals surface area contributed by atoms with Gasteiger partial charge in [-0.05, 0) is 59.3 Å². The molecule has 5 aromatic rings. The van der Waals surface area contributed by atoms with Gasteiger partial charge in [0.05, 0.1) is 11.9 Å². The summed E-state index contributed by atoms with van der Waals surface area (Å²) in [6.07, 6.45) is 3.56. The Labute approximate surface area is 177 Å². The third kappa shape index (κ3) is 3.47.